The topological polar surface area (TPSA) is 70.2 Å². The van der Waals surface area contributed by atoms with Gasteiger partial charge < -0.3 is 10.1 Å². The highest BCUT2D eigenvalue weighted by Gasteiger charge is 2.11. The maximum atomic E-state index is 12.3. The average Bonchev–Trinajstić information content (AvgIpc) is 2.76. The highest BCUT2D eigenvalue weighted by molar-refractivity contribution is 7.99. The molecule has 2 heterocycles. The summed E-state index contributed by atoms with van der Waals surface area (Å²) >= 11 is 1.84. The van der Waals surface area contributed by atoms with Crippen molar-refractivity contribution in [1.82, 2.24) is 14.9 Å². The zero-order valence-corrected chi connectivity index (χ0v) is 19.7. The molecule has 0 atom stereocenters. The number of piperidine rings is 1. The molecular weight excluding hydrogens is 408 g/mol. The van der Waals surface area contributed by atoms with Gasteiger partial charge in [-0.2, -0.15) is 11.8 Å². The van der Waals surface area contributed by atoms with Gasteiger partial charge in [-0.1, -0.05) is 25.5 Å². The highest BCUT2D eigenvalue weighted by Crippen LogP contribution is 2.18. The Bertz CT molecular complexity index is 865. The van der Waals surface area contributed by atoms with Gasteiger partial charge in [-0.25, -0.2) is 4.98 Å². The Morgan fingerprint density at radius 1 is 1.26 bits per heavy atom. The summed E-state index contributed by atoms with van der Waals surface area (Å²) in [5.74, 6) is 3.48. The molecule has 1 aliphatic heterocycles. The van der Waals surface area contributed by atoms with Gasteiger partial charge in [0.2, 0.25) is 5.95 Å². The zero-order chi connectivity index (χ0) is 21.9. The molecule has 0 spiro atoms. The summed E-state index contributed by atoms with van der Waals surface area (Å²) in [4.78, 5) is 22.2. The fourth-order valence-corrected chi connectivity index (χ4v) is 4.52. The van der Waals surface area contributed by atoms with E-state index in [-0.39, 0.29) is 5.56 Å². The van der Waals surface area contributed by atoms with Gasteiger partial charge in [0.25, 0.3) is 5.56 Å². The summed E-state index contributed by atoms with van der Waals surface area (Å²) in [7, 11) is 0. The largest absolute Gasteiger partial charge is 0.494 e. The molecular formula is C24H36N4O2S. The minimum absolute atomic E-state index is 0.0338. The lowest BCUT2D eigenvalue weighted by Gasteiger charge is -2.26. The summed E-state index contributed by atoms with van der Waals surface area (Å²) in [6.45, 7) is 8.76. The van der Waals surface area contributed by atoms with Crippen molar-refractivity contribution in [2.24, 2.45) is 0 Å². The normalized spacial score (nSPS) is 14.5. The molecule has 0 bridgehead atoms. The third-order valence-electron chi connectivity index (χ3n) is 5.56. The van der Waals surface area contributed by atoms with Gasteiger partial charge in [0.05, 0.1) is 6.61 Å². The molecule has 0 radical (unpaired) electrons. The van der Waals surface area contributed by atoms with Crippen molar-refractivity contribution in [1.29, 1.82) is 0 Å². The SMILES string of the molecule is CCSCCc1c(C)nc(NCCCOc2cccc(CN3CCCCC3)c2)[nH]c1=O. The van der Waals surface area contributed by atoms with Crippen LogP contribution in [0.3, 0.4) is 0 Å². The predicted molar refractivity (Wildman–Crippen MR) is 130 cm³/mol. The van der Waals surface area contributed by atoms with E-state index in [0.29, 0.717) is 19.1 Å². The van der Waals surface area contributed by atoms with Crippen LogP contribution in [-0.2, 0) is 13.0 Å². The molecule has 0 unspecified atom stereocenters. The second kappa shape index (κ2) is 12.8. The summed E-state index contributed by atoms with van der Waals surface area (Å²) < 4.78 is 5.94. The van der Waals surface area contributed by atoms with E-state index in [1.54, 1.807) is 0 Å². The van der Waals surface area contributed by atoms with E-state index in [4.69, 9.17) is 4.74 Å². The molecule has 0 amide bonds. The highest BCUT2D eigenvalue weighted by atomic mass is 32.2. The van der Waals surface area contributed by atoms with Gasteiger partial charge in [-0.15, -0.1) is 0 Å². The number of aryl methyl sites for hydroxylation is 1. The van der Waals surface area contributed by atoms with E-state index in [0.717, 1.165) is 47.9 Å². The number of benzene rings is 1. The van der Waals surface area contributed by atoms with E-state index in [1.165, 1.54) is 37.9 Å². The Balaban J connectivity index is 1.40. The number of hydrogen-bond acceptors (Lipinski definition) is 6. The van der Waals surface area contributed by atoms with Crippen molar-refractivity contribution in [3.8, 4) is 5.75 Å². The zero-order valence-electron chi connectivity index (χ0n) is 18.9. The molecule has 0 aliphatic carbocycles. The predicted octanol–water partition coefficient (Wildman–Crippen LogP) is 4.24. The number of H-pyrrole nitrogens is 1. The standard InChI is InChI=1S/C24H36N4O2S/c1-3-31-16-11-22-19(2)26-24(27-23(22)29)25-12-8-15-30-21-10-7-9-20(17-21)18-28-13-5-4-6-14-28/h7,9-10,17H,3-6,8,11-16,18H2,1-2H3,(H2,25,26,27,29). The van der Waals surface area contributed by atoms with E-state index in [9.17, 15) is 4.79 Å². The number of aromatic nitrogens is 2. The third kappa shape index (κ3) is 7.89. The van der Waals surface area contributed by atoms with E-state index in [2.05, 4.69) is 45.3 Å². The Morgan fingerprint density at radius 2 is 2.10 bits per heavy atom. The van der Waals surface area contributed by atoms with Crippen LogP contribution >= 0.6 is 11.8 Å². The summed E-state index contributed by atoms with van der Waals surface area (Å²) in [6.07, 6.45) is 5.57. The number of likely N-dealkylation sites (tertiary alicyclic amines) is 1. The van der Waals surface area contributed by atoms with Crippen molar-refractivity contribution < 1.29 is 4.74 Å². The molecule has 7 heteroatoms. The smallest absolute Gasteiger partial charge is 0.255 e. The fourth-order valence-electron chi connectivity index (χ4n) is 3.89. The first kappa shape index (κ1) is 23.7. The number of thioether (sulfide) groups is 1. The van der Waals surface area contributed by atoms with Crippen molar-refractivity contribution in [2.75, 3.05) is 43.1 Å². The van der Waals surface area contributed by atoms with E-state index < -0.39 is 0 Å². The number of rotatable bonds is 12. The molecule has 170 valence electrons. The van der Waals surface area contributed by atoms with Crippen LogP contribution in [0.25, 0.3) is 0 Å². The van der Waals surface area contributed by atoms with Crippen molar-refractivity contribution >= 4 is 17.7 Å². The van der Waals surface area contributed by atoms with E-state index >= 15 is 0 Å². The van der Waals surface area contributed by atoms with Crippen molar-refractivity contribution in [3.05, 3.63) is 51.4 Å². The van der Waals surface area contributed by atoms with Crippen LogP contribution in [0.5, 0.6) is 5.75 Å². The van der Waals surface area contributed by atoms with Gasteiger partial charge in [0.15, 0.2) is 0 Å². The first-order chi connectivity index (χ1) is 15.2. The van der Waals surface area contributed by atoms with E-state index in [1.807, 2.05) is 24.8 Å². The molecule has 3 rings (SSSR count). The van der Waals surface area contributed by atoms with Crippen LogP contribution in [-0.4, -0.2) is 52.6 Å². The Kier molecular flexibility index (Phi) is 9.75. The van der Waals surface area contributed by atoms with Gasteiger partial charge >= 0.3 is 0 Å². The first-order valence-corrected chi connectivity index (χ1v) is 12.7. The van der Waals surface area contributed by atoms with Crippen LogP contribution in [0.4, 0.5) is 5.95 Å². The van der Waals surface area contributed by atoms with Crippen molar-refractivity contribution in [2.45, 2.75) is 52.5 Å². The quantitative estimate of drug-likeness (QED) is 0.477. The number of nitrogens with zero attached hydrogens (tertiary/aromatic N) is 2. The molecule has 1 aromatic heterocycles. The molecule has 31 heavy (non-hydrogen) atoms. The van der Waals surface area contributed by atoms with Gasteiger partial charge in [-0.3, -0.25) is 14.7 Å². The summed E-state index contributed by atoms with van der Waals surface area (Å²) in [5, 5.41) is 3.21. The van der Waals surface area contributed by atoms with Gasteiger partial charge in [-0.05, 0) is 74.9 Å². The van der Waals surface area contributed by atoms with Crippen LogP contribution < -0.4 is 15.6 Å². The second-order valence-electron chi connectivity index (χ2n) is 8.04. The van der Waals surface area contributed by atoms with Crippen LogP contribution in [0.15, 0.2) is 29.1 Å². The molecule has 2 N–H and O–H groups in total. The molecule has 6 nitrogen and oxygen atoms in total. The maximum Gasteiger partial charge on any atom is 0.255 e. The van der Waals surface area contributed by atoms with Gasteiger partial charge in [0, 0.05) is 24.3 Å². The minimum Gasteiger partial charge on any atom is -0.494 e. The van der Waals surface area contributed by atoms with Crippen LogP contribution in [0, 0.1) is 6.92 Å². The third-order valence-corrected chi connectivity index (χ3v) is 6.46. The molecule has 1 fully saturated rings. The lowest BCUT2D eigenvalue weighted by molar-refractivity contribution is 0.220. The summed E-state index contributed by atoms with van der Waals surface area (Å²) in [5.41, 5.74) is 2.88. The molecule has 1 aromatic carbocycles. The molecule has 1 saturated heterocycles. The monoisotopic (exact) mass is 444 g/mol. The Labute approximate surface area is 190 Å². The first-order valence-electron chi connectivity index (χ1n) is 11.5. The molecule has 0 saturated carbocycles. The maximum absolute atomic E-state index is 12.3. The lowest BCUT2D eigenvalue weighted by atomic mass is 10.1. The second-order valence-corrected chi connectivity index (χ2v) is 9.43. The minimum atomic E-state index is -0.0338. The Morgan fingerprint density at radius 3 is 2.87 bits per heavy atom. The number of aromatic amines is 1. The lowest BCUT2D eigenvalue weighted by Crippen LogP contribution is -2.29. The van der Waals surface area contributed by atoms with Crippen LogP contribution in [0.2, 0.25) is 0 Å². The van der Waals surface area contributed by atoms with Crippen molar-refractivity contribution in [3.63, 3.8) is 0 Å². The number of anilines is 1. The number of ether oxygens (including phenoxy) is 1. The number of nitrogens with one attached hydrogen (secondary N) is 2. The summed E-state index contributed by atoms with van der Waals surface area (Å²) in [6, 6.07) is 8.42. The molecule has 1 aliphatic rings. The Hall–Kier alpha value is -1.99. The number of hydrogen-bond donors (Lipinski definition) is 2. The molecule has 2 aromatic rings. The van der Waals surface area contributed by atoms with Gasteiger partial charge in [0.1, 0.15) is 5.75 Å². The average molecular weight is 445 g/mol. The fraction of sp³-hybridized carbons (Fsp3) is 0.583. The van der Waals surface area contributed by atoms with Crippen LogP contribution in [0.1, 0.15) is 49.4 Å².